The maximum absolute atomic E-state index is 12.4. The van der Waals surface area contributed by atoms with Gasteiger partial charge in [0.15, 0.2) is 0 Å². The fourth-order valence-corrected chi connectivity index (χ4v) is 1.98. The van der Waals surface area contributed by atoms with Gasteiger partial charge in [-0.05, 0) is 23.8 Å². The van der Waals surface area contributed by atoms with Crippen molar-refractivity contribution in [1.82, 2.24) is 9.97 Å². The van der Waals surface area contributed by atoms with Crippen LogP contribution in [-0.2, 0) is 17.4 Å². The van der Waals surface area contributed by atoms with Crippen molar-refractivity contribution >= 4 is 23.2 Å². The number of nitrogens with one attached hydrogen (secondary N) is 2. The lowest BCUT2D eigenvalue weighted by Gasteiger charge is -2.08. The van der Waals surface area contributed by atoms with Gasteiger partial charge in [0, 0.05) is 23.8 Å². The van der Waals surface area contributed by atoms with Gasteiger partial charge in [-0.3, -0.25) is 4.79 Å². The molecule has 0 unspecified atom stereocenters. The number of amides is 1. The Hall–Kier alpha value is -2.64. The maximum atomic E-state index is 12.4. The lowest BCUT2D eigenvalue weighted by molar-refractivity contribution is -0.138. The molecule has 0 radical (unpaired) electrons. The summed E-state index contributed by atoms with van der Waals surface area (Å²) in [6.07, 6.45) is -2.75. The van der Waals surface area contributed by atoms with Crippen LogP contribution in [0.3, 0.4) is 0 Å². The van der Waals surface area contributed by atoms with Gasteiger partial charge >= 0.3 is 6.18 Å². The van der Waals surface area contributed by atoms with E-state index >= 15 is 0 Å². The Morgan fingerprint density at radius 2 is 1.90 bits per heavy atom. The van der Waals surface area contributed by atoms with E-state index < -0.39 is 11.7 Å². The van der Waals surface area contributed by atoms with Crippen molar-refractivity contribution < 1.29 is 18.0 Å². The van der Waals surface area contributed by atoms with Gasteiger partial charge in [0.2, 0.25) is 11.9 Å². The van der Waals surface area contributed by atoms with Gasteiger partial charge in [-0.2, -0.15) is 13.2 Å². The molecule has 0 saturated heterocycles. The summed E-state index contributed by atoms with van der Waals surface area (Å²) in [4.78, 5) is 18.5. The molecule has 0 saturated carbocycles. The third-order valence-corrected chi connectivity index (χ3v) is 2.97. The van der Waals surface area contributed by atoms with Gasteiger partial charge in [0.25, 0.3) is 0 Å². The number of halogens is 3. The first-order chi connectivity index (χ1) is 9.91. The quantitative estimate of drug-likeness (QED) is 0.893. The third-order valence-electron chi connectivity index (χ3n) is 2.97. The first kappa shape index (κ1) is 13.3. The number of anilines is 3. The van der Waals surface area contributed by atoms with Crippen molar-refractivity contribution in [2.45, 2.75) is 12.6 Å². The molecule has 21 heavy (non-hydrogen) atoms. The van der Waals surface area contributed by atoms with Crippen LogP contribution >= 0.6 is 0 Å². The highest BCUT2D eigenvalue weighted by Gasteiger charge is 2.31. The van der Waals surface area contributed by atoms with Crippen LogP contribution in [0.2, 0.25) is 0 Å². The Kier molecular flexibility index (Phi) is 3.00. The van der Waals surface area contributed by atoms with E-state index in [1.54, 1.807) is 18.2 Å². The Morgan fingerprint density at radius 3 is 2.57 bits per heavy atom. The average Bonchev–Trinajstić information content (AvgIpc) is 2.78. The molecule has 1 amide bonds. The minimum atomic E-state index is -4.46. The van der Waals surface area contributed by atoms with E-state index in [4.69, 9.17) is 0 Å². The van der Waals surface area contributed by atoms with Crippen molar-refractivity contribution in [1.29, 1.82) is 0 Å². The zero-order valence-corrected chi connectivity index (χ0v) is 10.5. The molecular formula is C13H9F3N4O. The Balaban J connectivity index is 1.78. The van der Waals surface area contributed by atoms with Gasteiger partial charge in [0.05, 0.1) is 12.0 Å². The van der Waals surface area contributed by atoms with E-state index in [1.165, 1.54) is 0 Å². The molecular weight excluding hydrogens is 285 g/mol. The molecule has 2 N–H and O–H groups in total. The van der Waals surface area contributed by atoms with Crippen molar-refractivity contribution in [3.63, 3.8) is 0 Å². The molecule has 0 atom stereocenters. The van der Waals surface area contributed by atoms with Crippen LogP contribution in [0.15, 0.2) is 30.6 Å². The molecule has 0 spiro atoms. The normalized spacial score (nSPS) is 13.8. The van der Waals surface area contributed by atoms with Crippen molar-refractivity contribution in [3.8, 4) is 0 Å². The summed E-state index contributed by atoms with van der Waals surface area (Å²) in [5, 5.41) is 5.49. The van der Waals surface area contributed by atoms with Crippen molar-refractivity contribution in [2.24, 2.45) is 0 Å². The van der Waals surface area contributed by atoms with Crippen molar-refractivity contribution in [3.05, 3.63) is 41.7 Å². The molecule has 5 nitrogen and oxygen atoms in total. The SMILES string of the molecule is O=C1Cc2cc(Nc3ncc(C(F)(F)F)cn3)ccc2N1. The van der Waals surface area contributed by atoms with Crippen LogP contribution in [0.25, 0.3) is 0 Å². The highest BCUT2D eigenvalue weighted by molar-refractivity contribution is 5.99. The summed E-state index contributed by atoms with van der Waals surface area (Å²) in [6.45, 7) is 0. The number of benzene rings is 1. The summed E-state index contributed by atoms with van der Waals surface area (Å²) in [5.74, 6) is -0.0341. The number of nitrogens with zero attached hydrogens (tertiary/aromatic N) is 2. The summed E-state index contributed by atoms with van der Waals surface area (Å²) in [5.41, 5.74) is 1.25. The van der Waals surface area contributed by atoms with Crippen LogP contribution in [0, 0.1) is 0 Å². The van der Waals surface area contributed by atoms with E-state index in [0.717, 1.165) is 11.3 Å². The molecule has 0 fully saturated rings. The molecule has 8 heteroatoms. The van der Waals surface area contributed by atoms with Gasteiger partial charge in [0.1, 0.15) is 0 Å². The van der Waals surface area contributed by atoms with Gasteiger partial charge in [-0.1, -0.05) is 0 Å². The van der Waals surface area contributed by atoms with Crippen LogP contribution in [0.4, 0.5) is 30.5 Å². The van der Waals surface area contributed by atoms with Gasteiger partial charge in [-0.15, -0.1) is 0 Å². The molecule has 0 bridgehead atoms. The molecule has 1 aliphatic heterocycles. The number of hydrogen-bond donors (Lipinski definition) is 2. The number of rotatable bonds is 2. The molecule has 108 valence electrons. The number of carbonyl (C=O) groups is 1. The molecule has 2 aromatic rings. The molecule has 2 heterocycles. The second kappa shape index (κ2) is 4.72. The Bertz CT molecular complexity index is 698. The number of hydrogen-bond acceptors (Lipinski definition) is 4. The lowest BCUT2D eigenvalue weighted by Crippen LogP contribution is -2.07. The maximum Gasteiger partial charge on any atom is 0.419 e. The van der Waals surface area contributed by atoms with E-state index in [-0.39, 0.29) is 18.3 Å². The largest absolute Gasteiger partial charge is 0.419 e. The van der Waals surface area contributed by atoms with Crippen molar-refractivity contribution in [2.75, 3.05) is 10.6 Å². The van der Waals surface area contributed by atoms with E-state index in [2.05, 4.69) is 20.6 Å². The molecule has 1 aromatic heterocycles. The summed E-state index contributed by atoms with van der Waals surface area (Å²) < 4.78 is 37.2. The zero-order valence-electron chi connectivity index (χ0n) is 10.5. The van der Waals surface area contributed by atoms with Gasteiger partial charge < -0.3 is 10.6 Å². The molecule has 1 aliphatic rings. The molecule has 0 aliphatic carbocycles. The third kappa shape index (κ3) is 2.78. The van der Waals surface area contributed by atoms with Crippen LogP contribution in [0.1, 0.15) is 11.1 Å². The van der Waals surface area contributed by atoms with E-state index in [0.29, 0.717) is 18.1 Å². The Labute approximate surface area is 117 Å². The Morgan fingerprint density at radius 1 is 1.19 bits per heavy atom. The molecule has 3 rings (SSSR count). The standard InChI is InChI=1S/C13H9F3N4O/c14-13(15,16)8-5-17-12(18-6-8)19-9-1-2-10-7(3-9)4-11(21)20-10/h1-3,5-6H,4H2,(H,20,21)(H,17,18,19). The summed E-state index contributed by atoms with van der Waals surface area (Å²) >= 11 is 0. The van der Waals surface area contributed by atoms with Crippen LogP contribution in [-0.4, -0.2) is 15.9 Å². The van der Waals surface area contributed by atoms with E-state index in [9.17, 15) is 18.0 Å². The van der Waals surface area contributed by atoms with Crippen LogP contribution < -0.4 is 10.6 Å². The second-order valence-corrected chi connectivity index (χ2v) is 4.51. The predicted molar refractivity (Wildman–Crippen MR) is 69.1 cm³/mol. The molecule has 1 aromatic carbocycles. The van der Waals surface area contributed by atoms with Gasteiger partial charge in [-0.25, -0.2) is 9.97 Å². The second-order valence-electron chi connectivity index (χ2n) is 4.51. The monoisotopic (exact) mass is 294 g/mol. The first-order valence-electron chi connectivity index (χ1n) is 6.01. The summed E-state index contributed by atoms with van der Waals surface area (Å²) in [7, 11) is 0. The average molecular weight is 294 g/mol. The lowest BCUT2D eigenvalue weighted by atomic mass is 10.1. The topological polar surface area (TPSA) is 66.9 Å². The van der Waals surface area contributed by atoms with Crippen LogP contribution in [0.5, 0.6) is 0 Å². The predicted octanol–water partition coefficient (Wildman–Crippen LogP) is 2.73. The highest BCUT2D eigenvalue weighted by Crippen LogP contribution is 2.29. The number of fused-ring (bicyclic) bond motifs is 1. The van der Waals surface area contributed by atoms with E-state index in [1.807, 2.05) is 0 Å². The summed E-state index contributed by atoms with van der Waals surface area (Å²) in [6, 6.07) is 5.13. The fourth-order valence-electron chi connectivity index (χ4n) is 1.98. The zero-order chi connectivity index (χ0) is 15.0. The fraction of sp³-hybridized carbons (Fsp3) is 0.154. The smallest absolute Gasteiger partial charge is 0.326 e. The minimum Gasteiger partial charge on any atom is -0.326 e. The minimum absolute atomic E-state index is 0.0558. The highest BCUT2D eigenvalue weighted by atomic mass is 19.4. The number of aromatic nitrogens is 2. The first-order valence-corrected chi connectivity index (χ1v) is 6.01. The number of alkyl halides is 3. The number of carbonyl (C=O) groups excluding carboxylic acids is 1.